The summed E-state index contributed by atoms with van der Waals surface area (Å²) in [5.41, 5.74) is 1.16. The third kappa shape index (κ3) is 2.56. The van der Waals surface area contributed by atoms with Gasteiger partial charge < -0.3 is 9.84 Å². The van der Waals surface area contributed by atoms with Crippen molar-refractivity contribution in [1.82, 2.24) is 4.98 Å². The first-order valence-electron chi connectivity index (χ1n) is 7.34. The van der Waals surface area contributed by atoms with Crippen molar-refractivity contribution in [2.75, 3.05) is 6.61 Å². The van der Waals surface area contributed by atoms with Gasteiger partial charge in [0.05, 0.1) is 11.1 Å². The van der Waals surface area contributed by atoms with Crippen LogP contribution in [0.2, 0.25) is 0 Å². The van der Waals surface area contributed by atoms with Crippen LogP contribution in [0.1, 0.15) is 45.3 Å². The summed E-state index contributed by atoms with van der Waals surface area (Å²) >= 11 is 0. The molecule has 20 heavy (non-hydrogen) atoms. The summed E-state index contributed by atoms with van der Waals surface area (Å²) in [4.78, 5) is 4.43. The van der Waals surface area contributed by atoms with Gasteiger partial charge in [0.15, 0.2) is 0 Å². The van der Waals surface area contributed by atoms with Crippen molar-refractivity contribution in [1.29, 1.82) is 0 Å². The minimum Gasteiger partial charge on any atom is -0.385 e. The molecule has 0 aliphatic heterocycles. The normalized spacial score (nSPS) is 13.6. The Balaban J connectivity index is 2.51. The third-order valence-corrected chi connectivity index (χ3v) is 4.09. The summed E-state index contributed by atoms with van der Waals surface area (Å²) in [6, 6.07) is 9.84. The molecule has 0 aliphatic carbocycles. The first kappa shape index (κ1) is 14.9. The summed E-state index contributed by atoms with van der Waals surface area (Å²) < 4.78 is 5.92. The molecule has 0 amide bonds. The Morgan fingerprint density at radius 3 is 2.50 bits per heavy atom. The number of fused-ring (bicyclic) bond motifs is 1. The predicted octanol–water partition coefficient (Wildman–Crippen LogP) is 3.86. The van der Waals surface area contributed by atoms with Crippen molar-refractivity contribution >= 4 is 10.9 Å². The van der Waals surface area contributed by atoms with Crippen molar-refractivity contribution in [3.05, 3.63) is 42.1 Å². The summed E-state index contributed by atoms with van der Waals surface area (Å²) in [6.07, 6.45) is 2.62. The van der Waals surface area contributed by atoms with E-state index in [1.165, 1.54) is 0 Å². The van der Waals surface area contributed by atoms with Gasteiger partial charge in [0.2, 0.25) is 0 Å². The van der Waals surface area contributed by atoms with Crippen LogP contribution in [-0.2, 0) is 4.74 Å². The quantitative estimate of drug-likeness (QED) is 0.869. The maximum absolute atomic E-state index is 10.9. The molecule has 1 aromatic heterocycles. The fourth-order valence-corrected chi connectivity index (χ4v) is 2.84. The second-order valence-corrected chi connectivity index (χ2v) is 5.03. The second kappa shape index (κ2) is 6.33. The van der Waals surface area contributed by atoms with E-state index in [1.54, 1.807) is 6.20 Å². The van der Waals surface area contributed by atoms with Crippen LogP contribution in [0, 0.1) is 0 Å². The smallest absolute Gasteiger partial charge is 0.110 e. The second-order valence-electron chi connectivity index (χ2n) is 5.03. The Bertz CT molecular complexity index is 558. The molecule has 0 bridgehead atoms. The SMILES string of the molecule is CCOC(CC)(CC)C(O)c1cccc2cccnc12. The molecule has 1 atom stereocenters. The lowest BCUT2D eigenvalue weighted by Gasteiger charge is -2.36. The number of hydrogen-bond acceptors (Lipinski definition) is 3. The van der Waals surface area contributed by atoms with Crippen LogP contribution in [-0.4, -0.2) is 22.3 Å². The molecule has 0 radical (unpaired) electrons. The number of pyridine rings is 1. The monoisotopic (exact) mass is 273 g/mol. The molecular formula is C17H23NO2. The maximum Gasteiger partial charge on any atom is 0.110 e. The lowest BCUT2D eigenvalue weighted by Crippen LogP contribution is -2.38. The van der Waals surface area contributed by atoms with Crippen LogP contribution in [0.3, 0.4) is 0 Å². The molecule has 0 fully saturated rings. The average Bonchev–Trinajstić information content (AvgIpc) is 2.51. The molecule has 2 aromatic rings. The van der Waals surface area contributed by atoms with Crippen molar-refractivity contribution in [3.8, 4) is 0 Å². The summed E-state index contributed by atoms with van der Waals surface area (Å²) in [6.45, 7) is 6.67. The minimum absolute atomic E-state index is 0.541. The van der Waals surface area contributed by atoms with Crippen molar-refractivity contribution < 1.29 is 9.84 Å². The fourth-order valence-electron chi connectivity index (χ4n) is 2.84. The predicted molar refractivity (Wildman–Crippen MR) is 81.6 cm³/mol. The molecule has 0 saturated heterocycles. The van der Waals surface area contributed by atoms with E-state index in [0.29, 0.717) is 6.61 Å². The van der Waals surface area contributed by atoms with Crippen LogP contribution in [0.4, 0.5) is 0 Å². The van der Waals surface area contributed by atoms with Crippen LogP contribution in [0.15, 0.2) is 36.5 Å². The first-order valence-corrected chi connectivity index (χ1v) is 7.34. The Labute approximate surface area is 120 Å². The van der Waals surface area contributed by atoms with Gasteiger partial charge in [-0.15, -0.1) is 0 Å². The lowest BCUT2D eigenvalue weighted by molar-refractivity contribution is -0.127. The number of ether oxygens (including phenoxy) is 1. The van der Waals surface area contributed by atoms with E-state index in [-0.39, 0.29) is 0 Å². The molecule has 0 saturated carbocycles. The number of aliphatic hydroxyl groups is 1. The fraction of sp³-hybridized carbons (Fsp3) is 0.471. The van der Waals surface area contributed by atoms with Gasteiger partial charge in [-0.25, -0.2) is 0 Å². The van der Waals surface area contributed by atoms with Crippen molar-refractivity contribution in [3.63, 3.8) is 0 Å². The van der Waals surface area contributed by atoms with E-state index >= 15 is 0 Å². The van der Waals surface area contributed by atoms with Gasteiger partial charge in [0, 0.05) is 23.8 Å². The van der Waals surface area contributed by atoms with Gasteiger partial charge in [-0.2, -0.15) is 0 Å². The van der Waals surface area contributed by atoms with E-state index < -0.39 is 11.7 Å². The van der Waals surface area contributed by atoms with Crippen LogP contribution in [0.5, 0.6) is 0 Å². The van der Waals surface area contributed by atoms with Gasteiger partial charge in [0.25, 0.3) is 0 Å². The highest BCUT2D eigenvalue weighted by molar-refractivity contribution is 5.82. The molecule has 1 unspecified atom stereocenters. The largest absolute Gasteiger partial charge is 0.385 e. The standard InChI is InChI=1S/C17H23NO2/c1-4-17(5-2,20-6-3)16(19)14-11-7-9-13-10-8-12-18-15(13)14/h7-12,16,19H,4-6H2,1-3H3. The summed E-state index contributed by atoms with van der Waals surface area (Å²) in [5, 5.41) is 11.9. The Morgan fingerprint density at radius 1 is 1.15 bits per heavy atom. The zero-order valence-corrected chi connectivity index (χ0v) is 12.5. The molecule has 3 heteroatoms. The van der Waals surface area contributed by atoms with Crippen molar-refractivity contribution in [2.45, 2.75) is 45.3 Å². The zero-order chi connectivity index (χ0) is 14.6. The topological polar surface area (TPSA) is 42.4 Å². The van der Waals surface area contributed by atoms with E-state index in [9.17, 15) is 5.11 Å². The molecule has 1 heterocycles. The molecule has 0 aliphatic rings. The van der Waals surface area contributed by atoms with Crippen LogP contribution in [0.25, 0.3) is 10.9 Å². The van der Waals surface area contributed by atoms with Gasteiger partial charge in [-0.1, -0.05) is 38.1 Å². The van der Waals surface area contributed by atoms with Gasteiger partial charge >= 0.3 is 0 Å². The van der Waals surface area contributed by atoms with Crippen LogP contribution < -0.4 is 0 Å². The molecular weight excluding hydrogens is 250 g/mol. The van der Waals surface area contributed by atoms with Gasteiger partial charge in [-0.05, 0) is 25.8 Å². The van der Waals surface area contributed by atoms with E-state index in [4.69, 9.17) is 4.74 Å². The van der Waals surface area contributed by atoms with Gasteiger partial charge in [0.1, 0.15) is 6.10 Å². The Kier molecular flexibility index (Phi) is 4.73. The highest BCUT2D eigenvalue weighted by Crippen LogP contribution is 2.37. The van der Waals surface area contributed by atoms with E-state index in [2.05, 4.69) is 18.8 Å². The van der Waals surface area contributed by atoms with Crippen molar-refractivity contribution in [2.24, 2.45) is 0 Å². The number of para-hydroxylation sites is 1. The summed E-state index contributed by atoms with van der Waals surface area (Å²) in [7, 11) is 0. The first-order chi connectivity index (χ1) is 9.68. The zero-order valence-electron chi connectivity index (χ0n) is 12.5. The third-order valence-electron chi connectivity index (χ3n) is 4.09. The molecule has 2 rings (SSSR count). The lowest BCUT2D eigenvalue weighted by atomic mass is 9.85. The summed E-state index contributed by atoms with van der Waals surface area (Å²) in [5.74, 6) is 0. The maximum atomic E-state index is 10.9. The number of nitrogens with zero attached hydrogens (tertiary/aromatic N) is 1. The highest BCUT2D eigenvalue weighted by atomic mass is 16.5. The molecule has 3 nitrogen and oxygen atoms in total. The number of aromatic nitrogens is 1. The van der Waals surface area contributed by atoms with E-state index in [0.717, 1.165) is 29.3 Å². The Morgan fingerprint density at radius 2 is 1.85 bits per heavy atom. The number of hydrogen-bond donors (Lipinski definition) is 1. The average molecular weight is 273 g/mol. The van der Waals surface area contributed by atoms with E-state index in [1.807, 2.05) is 37.3 Å². The highest BCUT2D eigenvalue weighted by Gasteiger charge is 2.37. The molecule has 108 valence electrons. The van der Waals surface area contributed by atoms with Crippen LogP contribution >= 0.6 is 0 Å². The Hall–Kier alpha value is -1.45. The number of aliphatic hydroxyl groups excluding tert-OH is 1. The molecule has 1 N–H and O–H groups in total. The number of rotatable bonds is 6. The number of benzene rings is 1. The molecule has 0 spiro atoms. The van der Waals surface area contributed by atoms with Gasteiger partial charge in [-0.3, -0.25) is 4.98 Å². The molecule has 1 aromatic carbocycles. The minimum atomic E-state index is -0.670.